The summed E-state index contributed by atoms with van der Waals surface area (Å²) in [6, 6.07) is 1.38. The predicted octanol–water partition coefficient (Wildman–Crippen LogP) is -0.290. The molecule has 2 rings (SSSR count). The topological polar surface area (TPSA) is 79.6 Å². The van der Waals surface area contributed by atoms with Crippen LogP contribution in [0.25, 0.3) is 0 Å². The van der Waals surface area contributed by atoms with Crippen LogP contribution in [0.1, 0.15) is 12.1 Å². The molecule has 0 spiro atoms. The molecular weight excluding hydrogens is 268 g/mol. The maximum atomic E-state index is 11.4. The molecule has 2 heterocycles. The van der Waals surface area contributed by atoms with Gasteiger partial charge in [-0.2, -0.15) is 0 Å². The van der Waals surface area contributed by atoms with Gasteiger partial charge in [-0.3, -0.25) is 9.69 Å². The summed E-state index contributed by atoms with van der Waals surface area (Å²) < 4.78 is 24.6. The average molecular weight is 286 g/mol. The van der Waals surface area contributed by atoms with Crippen LogP contribution in [0.3, 0.4) is 0 Å². The SMILES string of the molecule is CN(Cc1cc(=O)c(O)cn1C)C1CCS(=O)(=O)C1. The van der Waals surface area contributed by atoms with E-state index in [9.17, 15) is 18.3 Å². The molecule has 1 fully saturated rings. The second-order valence-corrected chi connectivity index (χ2v) is 7.33. The van der Waals surface area contributed by atoms with Crippen molar-refractivity contribution in [3.05, 3.63) is 28.2 Å². The molecule has 0 aromatic carbocycles. The maximum Gasteiger partial charge on any atom is 0.223 e. The number of hydrogen-bond acceptors (Lipinski definition) is 5. The summed E-state index contributed by atoms with van der Waals surface area (Å²) in [5.41, 5.74) is 0.329. The third kappa shape index (κ3) is 3.16. The summed E-state index contributed by atoms with van der Waals surface area (Å²) in [4.78, 5) is 13.4. The molecule has 0 amide bonds. The van der Waals surface area contributed by atoms with Gasteiger partial charge in [0.1, 0.15) is 0 Å². The van der Waals surface area contributed by atoms with Crippen LogP contribution in [0.5, 0.6) is 5.75 Å². The lowest BCUT2D eigenvalue weighted by atomic mass is 10.2. The minimum absolute atomic E-state index is 0.00564. The third-order valence-electron chi connectivity index (χ3n) is 3.56. The first-order valence-electron chi connectivity index (χ1n) is 6.08. The van der Waals surface area contributed by atoms with Gasteiger partial charge in [-0.25, -0.2) is 8.42 Å². The molecule has 1 N–H and O–H groups in total. The normalized spacial score (nSPS) is 21.9. The molecule has 1 aliphatic rings. The highest BCUT2D eigenvalue weighted by atomic mass is 32.2. The molecule has 1 aromatic rings. The Hall–Kier alpha value is -1.34. The van der Waals surface area contributed by atoms with Crippen LogP contribution in [-0.2, 0) is 23.4 Å². The molecule has 0 aliphatic carbocycles. The van der Waals surface area contributed by atoms with Gasteiger partial charge in [0.2, 0.25) is 5.43 Å². The van der Waals surface area contributed by atoms with E-state index < -0.39 is 15.3 Å². The fourth-order valence-electron chi connectivity index (χ4n) is 2.32. The first-order chi connectivity index (χ1) is 8.78. The fraction of sp³-hybridized carbons (Fsp3) is 0.583. The number of aromatic nitrogens is 1. The Morgan fingerprint density at radius 2 is 2.21 bits per heavy atom. The molecular formula is C12H18N2O4S. The Morgan fingerprint density at radius 1 is 1.53 bits per heavy atom. The van der Waals surface area contributed by atoms with Gasteiger partial charge in [0.05, 0.1) is 11.5 Å². The molecule has 0 saturated carbocycles. The largest absolute Gasteiger partial charge is 0.503 e. The van der Waals surface area contributed by atoms with Crippen molar-refractivity contribution >= 4 is 9.84 Å². The summed E-state index contributed by atoms with van der Waals surface area (Å²) in [5.74, 6) is 0.129. The highest BCUT2D eigenvalue weighted by Gasteiger charge is 2.30. The predicted molar refractivity (Wildman–Crippen MR) is 71.9 cm³/mol. The van der Waals surface area contributed by atoms with Gasteiger partial charge >= 0.3 is 0 Å². The molecule has 7 heteroatoms. The molecule has 0 radical (unpaired) electrons. The van der Waals surface area contributed by atoms with Crippen molar-refractivity contribution in [1.82, 2.24) is 9.47 Å². The van der Waals surface area contributed by atoms with Crippen LogP contribution < -0.4 is 5.43 Å². The highest BCUT2D eigenvalue weighted by Crippen LogP contribution is 2.18. The van der Waals surface area contributed by atoms with Gasteiger partial charge in [0.25, 0.3) is 0 Å². The Labute approximate surface area is 112 Å². The van der Waals surface area contributed by atoms with Gasteiger partial charge < -0.3 is 9.67 Å². The monoisotopic (exact) mass is 286 g/mol. The first-order valence-corrected chi connectivity index (χ1v) is 7.90. The molecule has 1 aliphatic heterocycles. The van der Waals surface area contributed by atoms with Crippen molar-refractivity contribution in [3.8, 4) is 5.75 Å². The fourth-order valence-corrected chi connectivity index (χ4v) is 4.13. The lowest BCUT2D eigenvalue weighted by Crippen LogP contribution is -2.33. The van der Waals surface area contributed by atoms with E-state index in [-0.39, 0.29) is 23.3 Å². The van der Waals surface area contributed by atoms with Crippen molar-refractivity contribution in [2.24, 2.45) is 7.05 Å². The Morgan fingerprint density at radius 3 is 2.79 bits per heavy atom. The van der Waals surface area contributed by atoms with Gasteiger partial charge in [-0.05, 0) is 13.5 Å². The van der Waals surface area contributed by atoms with Crippen LogP contribution in [0.2, 0.25) is 0 Å². The quantitative estimate of drug-likeness (QED) is 0.826. The van der Waals surface area contributed by atoms with Crippen molar-refractivity contribution in [1.29, 1.82) is 0 Å². The van der Waals surface area contributed by atoms with Crippen LogP contribution in [-0.4, -0.2) is 47.6 Å². The van der Waals surface area contributed by atoms with Crippen molar-refractivity contribution in [2.45, 2.75) is 19.0 Å². The van der Waals surface area contributed by atoms with E-state index in [1.165, 1.54) is 12.3 Å². The lowest BCUT2D eigenvalue weighted by molar-refractivity contribution is 0.247. The molecule has 106 valence electrons. The number of aromatic hydroxyl groups is 1. The van der Waals surface area contributed by atoms with E-state index in [2.05, 4.69) is 0 Å². The second-order valence-electron chi connectivity index (χ2n) is 5.10. The third-order valence-corrected chi connectivity index (χ3v) is 5.31. The molecule has 1 atom stereocenters. The second kappa shape index (κ2) is 4.97. The van der Waals surface area contributed by atoms with Gasteiger partial charge in [0.15, 0.2) is 15.6 Å². The zero-order chi connectivity index (χ0) is 14.2. The number of rotatable bonds is 3. The summed E-state index contributed by atoms with van der Waals surface area (Å²) in [6.45, 7) is 0.478. The van der Waals surface area contributed by atoms with E-state index >= 15 is 0 Å². The van der Waals surface area contributed by atoms with Crippen molar-refractivity contribution in [3.63, 3.8) is 0 Å². The van der Waals surface area contributed by atoms with Crippen LogP contribution >= 0.6 is 0 Å². The zero-order valence-electron chi connectivity index (χ0n) is 11.0. The van der Waals surface area contributed by atoms with E-state index in [1.807, 2.05) is 11.9 Å². The van der Waals surface area contributed by atoms with E-state index in [1.54, 1.807) is 11.6 Å². The number of aryl methyl sites for hydroxylation is 1. The van der Waals surface area contributed by atoms with Gasteiger partial charge in [-0.15, -0.1) is 0 Å². The molecule has 1 aromatic heterocycles. The summed E-state index contributed by atoms with van der Waals surface area (Å²) in [7, 11) is 0.686. The summed E-state index contributed by atoms with van der Waals surface area (Å²) >= 11 is 0. The smallest absolute Gasteiger partial charge is 0.223 e. The van der Waals surface area contributed by atoms with Gasteiger partial charge in [0, 0.05) is 37.6 Å². The van der Waals surface area contributed by atoms with Crippen LogP contribution in [0.15, 0.2) is 17.1 Å². The minimum Gasteiger partial charge on any atom is -0.503 e. The van der Waals surface area contributed by atoms with E-state index in [0.29, 0.717) is 13.0 Å². The number of nitrogens with zero attached hydrogens (tertiary/aromatic N) is 2. The summed E-state index contributed by atoms with van der Waals surface area (Å²) in [5, 5.41) is 9.31. The molecule has 0 bridgehead atoms. The van der Waals surface area contributed by atoms with E-state index in [0.717, 1.165) is 5.69 Å². The molecule has 19 heavy (non-hydrogen) atoms. The standard InChI is InChI=1S/C12H18N2O4S/c1-13(9-3-4-19(17,18)8-9)6-10-5-11(15)12(16)7-14(10)2/h5,7,9,16H,3-4,6,8H2,1-2H3. The van der Waals surface area contributed by atoms with Crippen LogP contribution in [0, 0.1) is 0 Å². The van der Waals surface area contributed by atoms with Crippen molar-refractivity contribution < 1.29 is 13.5 Å². The highest BCUT2D eigenvalue weighted by molar-refractivity contribution is 7.91. The first kappa shape index (κ1) is 14.1. The Kier molecular flexibility index (Phi) is 3.69. The number of sulfone groups is 1. The number of hydrogen-bond donors (Lipinski definition) is 1. The lowest BCUT2D eigenvalue weighted by Gasteiger charge is -2.24. The molecule has 1 unspecified atom stereocenters. The summed E-state index contributed by atoms with van der Waals surface area (Å²) in [6.07, 6.45) is 2.00. The van der Waals surface area contributed by atoms with Crippen molar-refractivity contribution in [2.75, 3.05) is 18.6 Å². The minimum atomic E-state index is -2.91. The van der Waals surface area contributed by atoms with Crippen LogP contribution in [0.4, 0.5) is 0 Å². The molecule has 1 saturated heterocycles. The maximum absolute atomic E-state index is 11.4. The zero-order valence-corrected chi connectivity index (χ0v) is 11.9. The average Bonchev–Trinajstić information content (AvgIpc) is 2.66. The molecule has 6 nitrogen and oxygen atoms in total. The Bertz CT molecular complexity index is 636. The van der Waals surface area contributed by atoms with E-state index in [4.69, 9.17) is 0 Å². The van der Waals surface area contributed by atoms with Gasteiger partial charge in [-0.1, -0.05) is 0 Å². The Balaban J connectivity index is 2.14. The number of pyridine rings is 1.